The molecule has 0 spiro atoms. The van der Waals surface area contributed by atoms with Crippen molar-refractivity contribution in [3.63, 3.8) is 0 Å². The van der Waals surface area contributed by atoms with Crippen LogP contribution in [0.2, 0.25) is 0 Å². The average Bonchev–Trinajstić information content (AvgIpc) is 2.72. The Morgan fingerprint density at radius 3 is 2.68 bits per heavy atom. The fourth-order valence-corrected chi connectivity index (χ4v) is 2.43. The van der Waals surface area contributed by atoms with Gasteiger partial charge < -0.3 is 5.73 Å². The van der Waals surface area contributed by atoms with E-state index in [1.165, 1.54) is 5.69 Å². The van der Waals surface area contributed by atoms with Crippen molar-refractivity contribution in [3.8, 4) is 0 Å². The molecule has 4 heteroatoms. The first-order valence-corrected chi connectivity index (χ1v) is 6.46. The van der Waals surface area contributed by atoms with Gasteiger partial charge in [-0.3, -0.25) is 4.40 Å². The molecule has 0 amide bonds. The molecule has 0 saturated heterocycles. The minimum atomic E-state index is 0.203. The summed E-state index contributed by atoms with van der Waals surface area (Å²) in [4.78, 5) is 8.84. The highest BCUT2D eigenvalue weighted by molar-refractivity contribution is 5.82. The third-order valence-corrected chi connectivity index (χ3v) is 3.14. The first kappa shape index (κ1) is 12.0. The van der Waals surface area contributed by atoms with E-state index in [9.17, 15) is 0 Å². The molecule has 0 fully saturated rings. The molecular weight excluding hydrogens is 236 g/mol. The Morgan fingerprint density at radius 2 is 1.95 bits per heavy atom. The molecule has 0 bridgehead atoms. The van der Waals surface area contributed by atoms with Crippen molar-refractivity contribution in [2.24, 2.45) is 5.41 Å². The molecule has 0 saturated carbocycles. The maximum Gasteiger partial charge on any atom is 0.180 e. The van der Waals surface area contributed by atoms with Gasteiger partial charge in [-0.1, -0.05) is 32.9 Å². The van der Waals surface area contributed by atoms with Crippen molar-refractivity contribution < 1.29 is 0 Å². The van der Waals surface area contributed by atoms with E-state index >= 15 is 0 Å². The Morgan fingerprint density at radius 1 is 1.21 bits per heavy atom. The van der Waals surface area contributed by atoms with Crippen LogP contribution in [-0.4, -0.2) is 14.4 Å². The second-order valence-corrected chi connectivity index (χ2v) is 6.13. The van der Waals surface area contributed by atoms with Crippen LogP contribution in [0.1, 0.15) is 26.5 Å². The topological polar surface area (TPSA) is 56.2 Å². The second-order valence-electron chi connectivity index (χ2n) is 6.13. The molecule has 4 nitrogen and oxygen atoms in total. The van der Waals surface area contributed by atoms with Crippen LogP contribution in [0.4, 0.5) is 5.82 Å². The van der Waals surface area contributed by atoms with Crippen molar-refractivity contribution in [2.75, 3.05) is 5.73 Å². The first-order chi connectivity index (χ1) is 8.96. The number of aromatic nitrogens is 3. The molecule has 2 N–H and O–H groups in total. The molecule has 2 aromatic heterocycles. The Hall–Kier alpha value is -2.10. The Bertz CT molecular complexity index is 750. The number of nitrogens with two attached hydrogens (primary N) is 1. The van der Waals surface area contributed by atoms with Crippen molar-refractivity contribution in [1.29, 1.82) is 0 Å². The number of imidazole rings is 1. The molecule has 19 heavy (non-hydrogen) atoms. The summed E-state index contributed by atoms with van der Waals surface area (Å²) < 4.78 is 2.13. The minimum absolute atomic E-state index is 0.203. The molecule has 0 atom stereocenters. The maximum atomic E-state index is 6.00. The van der Waals surface area contributed by atoms with Crippen LogP contribution >= 0.6 is 0 Å². The van der Waals surface area contributed by atoms with Gasteiger partial charge in [-0.2, -0.15) is 0 Å². The number of nitrogens with zero attached hydrogens (tertiary/aromatic N) is 3. The van der Waals surface area contributed by atoms with E-state index in [-0.39, 0.29) is 5.41 Å². The van der Waals surface area contributed by atoms with Gasteiger partial charge in [0.05, 0.1) is 11.0 Å². The van der Waals surface area contributed by atoms with Gasteiger partial charge in [0.2, 0.25) is 0 Å². The van der Waals surface area contributed by atoms with E-state index in [4.69, 9.17) is 5.73 Å². The molecule has 0 radical (unpaired) electrons. The van der Waals surface area contributed by atoms with E-state index in [1.54, 1.807) is 0 Å². The number of fused-ring (bicyclic) bond motifs is 3. The highest BCUT2D eigenvalue weighted by atomic mass is 15.1. The molecule has 0 aliphatic rings. The molecule has 0 aliphatic heterocycles. The van der Waals surface area contributed by atoms with Crippen LogP contribution in [0.25, 0.3) is 16.7 Å². The van der Waals surface area contributed by atoms with E-state index in [1.807, 2.05) is 24.4 Å². The van der Waals surface area contributed by atoms with E-state index in [0.29, 0.717) is 5.82 Å². The fraction of sp³-hybridized carbons (Fsp3) is 0.333. The van der Waals surface area contributed by atoms with Crippen LogP contribution < -0.4 is 5.73 Å². The summed E-state index contributed by atoms with van der Waals surface area (Å²) in [5.41, 5.74) is 10.1. The van der Waals surface area contributed by atoms with Gasteiger partial charge >= 0.3 is 0 Å². The summed E-state index contributed by atoms with van der Waals surface area (Å²) in [7, 11) is 0. The smallest absolute Gasteiger partial charge is 0.180 e. The normalized spacial score (nSPS) is 12.4. The predicted octanol–water partition coefficient (Wildman–Crippen LogP) is 3.05. The fourth-order valence-electron chi connectivity index (χ4n) is 2.43. The quantitative estimate of drug-likeness (QED) is 0.726. The summed E-state index contributed by atoms with van der Waals surface area (Å²) in [6.07, 6.45) is 2.85. The number of benzene rings is 1. The van der Waals surface area contributed by atoms with Crippen LogP contribution in [-0.2, 0) is 6.42 Å². The zero-order valence-electron chi connectivity index (χ0n) is 11.5. The molecule has 3 aromatic rings. The molecule has 98 valence electrons. The molecule has 0 unspecified atom stereocenters. The highest BCUT2D eigenvalue weighted by Gasteiger charge is 2.17. The van der Waals surface area contributed by atoms with E-state index in [0.717, 1.165) is 23.1 Å². The Balaban J connectivity index is 2.36. The maximum absolute atomic E-state index is 6.00. The number of anilines is 1. The zero-order valence-corrected chi connectivity index (χ0v) is 11.5. The summed E-state index contributed by atoms with van der Waals surface area (Å²) in [5, 5.41) is 0. The van der Waals surface area contributed by atoms with Crippen molar-refractivity contribution in [1.82, 2.24) is 14.4 Å². The number of rotatable bonds is 1. The SMILES string of the molecule is CC(C)(C)Cc1cnc2c(N)nc3ccccc3n12. The second kappa shape index (κ2) is 3.95. The van der Waals surface area contributed by atoms with Crippen LogP contribution in [0, 0.1) is 5.41 Å². The number of para-hydroxylation sites is 2. The lowest BCUT2D eigenvalue weighted by Gasteiger charge is -2.18. The van der Waals surface area contributed by atoms with Crippen molar-refractivity contribution in [3.05, 3.63) is 36.2 Å². The van der Waals surface area contributed by atoms with Gasteiger partial charge in [0.25, 0.3) is 0 Å². The lowest BCUT2D eigenvalue weighted by Crippen LogP contribution is -2.11. The molecule has 0 aliphatic carbocycles. The van der Waals surface area contributed by atoms with Crippen molar-refractivity contribution in [2.45, 2.75) is 27.2 Å². The van der Waals surface area contributed by atoms with Gasteiger partial charge in [0.15, 0.2) is 11.5 Å². The highest BCUT2D eigenvalue weighted by Crippen LogP contribution is 2.25. The van der Waals surface area contributed by atoms with Crippen LogP contribution in [0.15, 0.2) is 30.5 Å². The lowest BCUT2D eigenvalue weighted by molar-refractivity contribution is 0.405. The summed E-state index contributed by atoms with van der Waals surface area (Å²) >= 11 is 0. The number of hydrogen-bond acceptors (Lipinski definition) is 3. The zero-order chi connectivity index (χ0) is 13.6. The molecule has 3 rings (SSSR count). The van der Waals surface area contributed by atoms with Gasteiger partial charge in [-0.15, -0.1) is 0 Å². The van der Waals surface area contributed by atoms with Gasteiger partial charge in [0, 0.05) is 11.9 Å². The van der Waals surface area contributed by atoms with Crippen LogP contribution in [0.5, 0.6) is 0 Å². The van der Waals surface area contributed by atoms with Gasteiger partial charge in [-0.25, -0.2) is 9.97 Å². The molecule has 1 aromatic carbocycles. The monoisotopic (exact) mass is 254 g/mol. The Labute approximate surface area is 112 Å². The van der Waals surface area contributed by atoms with E-state index < -0.39 is 0 Å². The lowest BCUT2D eigenvalue weighted by atomic mass is 9.91. The number of hydrogen-bond donors (Lipinski definition) is 1. The largest absolute Gasteiger partial charge is 0.381 e. The van der Waals surface area contributed by atoms with Gasteiger partial charge in [-0.05, 0) is 24.0 Å². The predicted molar refractivity (Wildman–Crippen MR) is 78.1 cm³/mol. The minimum Gasteiger partial charge on any atom is -0.381 e. The third kappa shape index (κ3) is 2.03. The first-order valence-electron chi connectivity index (χ1n) is 6.46. The van der Waals surface area contributed by atoms with Gasteiger partial charge in [0.1, 0.15) is 0 Å². The van der Waals surface area contributed by atoms with Crippen LogP contribution in [0.3, 0.4) is 0 Å². The summed E-state index contributed by atoms with van der Waals surface area (Å²) in [6, 6.07) is 8.02. The summed E-state index contributed by atoms with van der Waals surface area (Å²) in [6.45, 7) is 6.66. The molecule has 2 heterocycles. The van der Waals surface area contributed by atoms with E-state index in [2.05, 4.69) is 41.2 Å². The standard InChI is InChI=1S/C15H18N4/c1-15(2,3)8-10-9-17-14-13(16)18-11-6-4-5-7-12(11)19(10)14/h4-7,9H,8H2,1-3H3,(H2,16,18). The Kier molecular flexibility index (Phi) is 2.49. The number of nitrogen functional groups attached to an aromatic ring is 1. The van der Waals surface area contributed by atoms with Crippen molar-refractivity contribution >= 4 is 22.5 Å². The summed E-state index contributed by atoms with van der Waals surface area (Å²) in [5.74, 6) is 0.485. The molecular formula is C15H18N4. The average molecular weight is 254 g/mol. The third-order valence-electron chi connectivity index (χ3n) is 3.14.